The minimum absolute atomic E-state index is 1.33. The fourth-order valence-corrected chi connectivity index (χ4v) is 3.58. The largest absolute Gasteiger partial charge is 0.326 e. The van der Waals surface area contributed by atoms with E-state index in [1.165, 1.54) is 43.1 Å². The predicted octanol–water partition coefficient (Wildman–Crippen LogP) is 7.16. The van der Waals surface area contributed by atoms with Gasteiger partial charge in [-0.2, -0.15) is 0 Å². The van der Waals surface area contributed by atoms with Crippen LogP contribution in [0.2, 0.25) is 0 Å². The van der Waals surface area contributed by atoms with E-state index in [0.29, 0.717) is 0 Å². The zero-order valence-electron chi connectivity index (χ0n) is 12.6. The summed E-state index contributed by atoms with van der Waals surface area (Å²) in [5.74, 6) is 0. The number of fused-ring (bicyclic) bond motifs is 2. The van der Waals surface area contributed by atoms with E-state index in [1.807, 2.05) is 0 Å². The fraction of sp³-hybridized carbons (Fsp3) is 0. The summed E-state index contributed by atoms with van der Waals surface area (Å²) in [6.07, 6.45) is 0. The maximum atomic E-state index is 4.94. The van der Waals surface area contributed by atoms with Gasteiger partial charge in [-0.3, -0.25) is 0 Å². The second-order valence-electron chi connectivity index (χ2n) is 5.67. The van der Waals surface area contributed by atoms with Crippen molar-refractivity contribution in [3.8, 4) is 0 Å². The van der Waals surface area contributed by atoms with Gasteiger partial charge in [-0.25, -0.2) is 0 Å². The zero-order valence-corrected chi connectivity index (χ0v) is 16.1. The molecule has 0 fully saturated rings. The molecule has 118 valence electrons. The van der Waals surface area contributed by atoms with Crippen LogP contribution < -0.4 is 0 Å². The molecule has 5 aromatic carbocycles. The lowest BCUT2D eigenvalue weighted by Crippen LogP contribution is -1.85. The molecule has 0 unspecified atom stereocenters. The summed E-state index contributed by atoms with van der Waals surface area (Å²) in [6, 6.07) is 26.4. The molecule has 0 aromatic heterocycles. The Labute approximate surface area is 155 Å². The van der Waals surface area contributed by atoms with Crippen LogP contribution in [0, 0.1) is 0 Å². The van der Waals surface area contributed by atoms with Gasteiger partial charge in [-0.05, 0) is 43.1 Å². The summed E-state index contributed by atoms with van der Waals surface area (Å²) in [7, 11) is 0. The summed E-state index contributed by atoms with van der Waals surface area (Å²) < 4.78 is 0. The van der Waals surface area contributed by atoms with Crippen molar-refractivity contribution in [2.75, 3.05) is 0 Å². The molecule has 0 N–H and O–H groups in total. The van der Waals surface area contributed by atoms with E-state index in [2.05, 4.69) is 72.8 Å². The second-order valence-corrected chi connectivity index (χ2v) is 12.1. The number of halogens is 3. The molecule has 5 rings (SSSR count). The lowest BCUT2D eigenvalue weighted by molar-refractivity contribution is 1.78. The molecule has 4 heteroatoms. The standard InChI is InChI=1S/C20H12.Cl3HSi/c1-5-13-6-2-11-17-18-12-4-8-14-7-3-10-16(20(14)18)15(9-1)19(13)17;1-4(2)3/h1-12H;4H. The Balaban J connectivity index is 0.000000332. The highest BCUT2D eigenvalue weighted by atomic mass is 35.8. The van der Waals surface area contributed by atoms with Gasteiger partial charge >= 0.3 is 6.73 Å². The molecule has 0 aliphatic carbocycles. The topological polar surface area (TPSA) is 0 Å². The first-order chi connectivity index (χ1) is 11.7. The van der Waals surface area contributed by atoms with Gasteiger partial charge in [0.1, 0.15) is 0 Å². The van der Waals surface area contributed by atoms with E-state index in [9.17, 15) is 0 Å². The van der Waals surface area contributed by atoms with Crippen molar-refractivity contribution in [2.45, 2.75) is 0 Å². The van der Waals surface area contributed by atoms with Crippen LogP contribution in [0.15, 0.2) is 72.8 Å². The van der Waals surface area contributed by atoms with Crippen LogP contribution in [0.1, 0.15) is 0 Å². The van der Waals surface area contributed by atoms with Crippen LogP contribution in [-0.4, -0.2) is 6.73 Å². The molecule has 0 bridgehead atoms. The monoisotopic (exact) mass is 386 g/mol. The van der Waals surface area contributed by atoms with E-state index in [1.54, 1.807) is 0 Å². The molecular formula is C20H13Cl3Si. The van der Waals surface area contributed by atoms with Crippen molar-refractivity contribution in [3.05, 3.63) is 72.8 Å². The number of rotatable bonds is 0. The molecule has 0 nitrogen and oxygen atoms in total. The van der Waals surface area contributed by atoms with E-state index in [4.69, 9.17) is 33.2 Å². The SMILES string of the molecule is Cl[SiH](Cl)Cl.c1cc2cccc3c4cccc5cccc(c(c1)c23)c54. The molecule has 0 amide bonds. The van der Waals surface area contributed by atoms with Gasteiger partial charge < -0.3 is 0 Å². The van der Waals surface area contributed by atoms with Crippen LogP contribution in [-0.2, 0) is 0 Å². The third-order valence-electron chi connectivity index (χ3n) is 4.39. The van der Waals surface area contributed by atoms with Crippen LogP contribution in [0.4, 0.5) is 0 Å². The molecule has 0 saturated carbocycles. The molecule has 0 aliphatic heterocycles. The van der Waals surface area contributed by atoms with Crippen LogP contribution in [0.3, 0.4) is 0 Å². The van der Waals surface area contributed by atoms with Gasteiger partial charge in [0.05, 0.1) is 0 Å². The quantitative estimate of drug-likeness (QED) is 0.114. The number of hydrogen-bond donors (Lipinski definition) is 0. The van der Waals surface area contributed by atoms with Crippen molar-refractivity contribution in [1.82, 2.24) is 0 Å². The lowest BCUT2D eigenvalue weighted by atomic mass is 9.90. The van der Waals surface area contributed by atoms with Crippen LogP contribution in [0.5, 0.6) is 0 Å². The molecular weight excluding hydrogens is 375 g/mol. The molecule has 0 saturated heterocycles. The maximum Gasteiger partial charge on any atom is 0.326 e. The summed E-state index contributed by atoms with van der Waals surface area (Å²) in [6.45, 7) is -1.72. The normalized spacial score (nSPS) is 11.5. The summed E-state index contributed by atoms with van der Waals surface area (Å²) in [5, 5.41) is 10.9. The van der Waals surface area contributed by atoms with E-state index < -0.39 is 6.73 Å². The van der Waals surface area contributed by atoms with Crippen LogP contribution >= 0.6 is 33.2 Å². The Hall–Kier alpha value is -1.51. The summed E-state index contributed by atoms with van der Waals surface area (Å²) >= 11 is 14.8. The summed E-state index contributed by atoms with van der Waals surface area (Å²) in [5.41, 5.74) is 0. The average Bonchev–Trinajstić information content (AvgIpc) is 2.59. The highest BCUT2D eigenvalue weighted by Crippen LogP contribution is 2.39. The molecule has 0 radical (unpaired) electrons. The molecule has 24 heavy (non-hydrogen) atoms. The molecule has 0 aliphatic rings. The highest BCUT2D eigenvalue weighted by Gasteiger charge is 2.11. The fourth-order valence-electron chi connectivity index (χ4n) is 3.58. The number of hydrogen-bond acceptors (Lipinski definition) is 0. The van der Waals surface area contributed by atoms with Crippen molar-refractivity contribution in [3.63, 3.8) is 0 Å². The Kier molecular flexibility index (Phi) is 4.27. The van der Waals surface area contributed by atoms with Crippen LogP contribution in [0.25, 0.3) is 43.1 Å². The van der Waals surface area contributed by atoms with Gasteiger partial charge in [0.2, 0.25) is 0 Å². The smallest absolute Gasteiger partial charge is 0.130 e. The molecule has 5 aromatic rings. The van der Waals surface area contributed by atoms with E-state index in [0.717, 1.165) is 0 Å². The van der Waals surface area contributed by atoms with E-state index >= 15 is 0 Å². The molecule has 0 atom stereocenters. The second kappa shape index (κ2) is 6.42. The first-order valence-electron chi connectivity index (χ1n) is 7.63. The zero-order chi connectivity index (χ0) is 16.7. The first-order valence-corrected chi connectivity index (χ1v) is 12.9. The minimum atomic E-state index is -1.72. The number of benzene rings is 5. The third-order valence-corrected chi connectivity index (χ3v) is 4.39. The Morgan fingerprint density at radius 1 is 0.458 bits per heavy atom. The summed E-state index contributed by atoms with van der Waals surface area (Å²) in [4.78, 5) is 0. The van der Waals surface area contributed by atoms with Gasteiger partial charge in [0, 0.05) is 0 Å². The highest BCUT2D eigenvalue weighted by molar-refractivity contribution is 7.54. The molecule has 0 spiro atoms. The van der Waals surface area contributed by atoms with Gasteiger partial charge in [-0.15, -0.1) is 33.2 Å². The average molecular weight is 388 g/mol. The first kappa shape index (κ1) is 16.0. The van der Waals surface area contributed by atoms with Crippen molar-refractivity contribution >= 4 is 83.1 Å². The Morgan fingerprint density at radius 2 is 0.708 bits per heavy atom. The van der Waals surface area contributed by atoms with Crippen molar-refractivity contribution in [1.29, 1.82) is 0 Å². The Morgan fingerprint density at radius 3 is 0.958 bits per heavy atom. The predicted molar refractivity (Wildman–Crippen MR) is 112 cm³/mol. The molecule has 0 heterocycles. The van der Waals surface area contributed by atoms with Gasteiger partial charge in [0.25, 0.3) is 0 Å². The van der Waals surface area contributed by atoms with Gasteiger partial charge in [0.15, 0.2) is 0 Å². The third kappa shape index (κ3) is 2.62. The Bertz CT molecular complexity index is 979. The van der Waals surface area contributed by atoms with Gasteiger partial charge in [-0.1, -0.05) is 72.8 Å². The maximum absolute atomic E-state index is 4.94. The van der Waals surface area contributed by atoms with Crippen molar-refractivity contribution < 1.29 is 0 Å². The lowest BCUT2D eigenvalue weighted by Gasteiger charge is -2.13. The van der Waals surface area contributed by atoms with E-state index in [-0.39, 0.29) is 0 Å². The minimum Gasteiger partial charge on any atom is -0.130 e. The van der Waals surface area contributed by atoms with Crippen molar-refractivity contribution in [2.24, 2.45) is 0 Å².